The Balaban J connectivity index is 1.57. The van der Waals surface area contributed by atoms with Crippen molar-refractivity contribution in [3.8, 4) is 11.1 Å². The number of rotatable bonds is 1. The van der Waals surface area contributed by atoms with E-state index in [4.69, 9.17) is 0 Å². The molecule has 0 aliphatic rings. The average molecular weight is 400 g/mol. The molecule has 0 fully saturated rings. The molecule has 5 aromatic carbocycles. The molecule has 7 aromatic rings. The minimum absolute atomic E-state index is 1.19. The zero-order valence-electron chi connectivity index (χ0n) is 16.1. The van der Waals surface area contributed by atoms with Crippen molar-refractivity contribution in [2.75, 3.05) is 0 Å². The number of aromatic amines is 1. The first-order valence-electron chi connectivity index (χ1n) is 10.2. The smallest absolute Gasteiger partial charge is 0.0471 e. The minimum atomic E-state index is 1.19. The fourth-order valence-corrected chi connectivity index (χ4v) is 5.88. The molecule has 2 aromatic heterocycles. The number of H-pyrrole nitrogens is 1. The van der Waals surface area contributed by atoms with E-state index in [9.17, 15) is 0 Å². The van der Waals surface area contributed by atoms with Crippen LogP contribution in [0.3, 0.4) is 0 Å². The monoisotopic (exact) mass is 399 g/mol. The van der Waals surface area contributed by atoms with Gasteiger partial charge in [0.25, 0.3) is 0 Å². The van der Waals surface area contributed by atoms with E-state index in [0.29, 0.717) is 0 Å². The van der Waals surface area contributed by atoms with Crippen molar-refractivity contribution in [1.29, 1.82) is 0 Å². The molecule has 0 radical (unpaired) electrons. The molecule has 0 saturated heterocycles. The molecule has 7 rings (SSSR count). The van der Waals surface area contributed by atoms with Gasteiger partial charge in [0.2, 0.25) is 0 Å². The molecular weight excluding hydrogens is 382 g/mol. The Bertz CT molecular complexity index is 1740. The van der Waals surface area contributed by atoms with Crippen molar-refractivity contribution in [1.82, 2.24) is 4.98 Å². The average Bonchev–Trinajstić information content (AvgIpc) is 3.35. The maximum absolute atomic E-state index is 3.66. The molecule has 0 aliphatic heterocycles. The van der Waals surface area contributed by atoms with Crippen LogP contribution in [0.2, 0.25) is 0 Å². The predicted octanol–water partition coefficient (Wildman–Crippen LogP) is 8.51. The van der Waals surface area contributed by atoms with Crippen LogP contribution in [0.1, 0.15) is 0 Å². The third-order valence-electron chi connectivity index (χ3n) is 6.18. The second-order valence-corrected chi connectivity index (χ2v) is 8.99. The van der Waals surface area contributed by atoms with Crippen LogP contribution >= 0.6 is 11.3 Å². The summed E-state index contributed by atoms with van der Waals surface area (Å²) in [5.41, 5.74) is 4.89. The quantitative estimate of drug-likeness (QED) is 0.285. The summed E-state index contributed by atoms with van der Waals surface area (Å²) in [5.74, 6) is 0. The van der Waals surface area contributed by atoms with Crippen LogP contribution in [-0.2, 0) is 0 Å². The van der Waals surface area contributed by atoms with Gasteiger partial charge in [-0.15, -0.1) is 11.3 Å². The summed E-state index contributed by atoms with van der Waals surface area (Å²) in [6.45, 7) is 0. The molecule has 0 saturated carbocycles. The standard InChI is InChI=1S/C28H17NS/c1-2-6-17(7-3-1)18-10-12-24-22(14-18)23-15-19-11-13-27-28(21(19)16-25(23)29-24)20-8-4-5-9-26(20)30-27/h1-16,29H. The Kier molecular flexibility index (Phi) is 3.21. The summed E-state index contributed by atoms with van der Waals surface area (Å²) in [5, 5.41) is 7.91. The number of hydrogen-bond acceptors (Lipinski definition) is 1. The van der Waals surface area contributed by atoms with Gasteiger partial charge >= 0.3 is 0 Å². The summed E-state index contributed by atoms with van der Waals surface area (Å²) in [7, 11) is 0. The minimum Gasteiger partial charge on any atom is -0.354 e. The molecule has 0 atom stereocenters. The van der Waals surface area contributed by atoms with Crippen LogP contribution in [0, 0.1) is 0 Å². The molecule has 2 heterocycles. The second kappa shape index (κ2) is 5.94. The van der Waals surface area contributed by atoms with E-state index in [-0.39, 0.29) is 0 Å². The lowest BCUT2D eigenvalue weighted by Crippen LogP contribution is -1.77. The molecule has 1 nitrogen and oxygen atoms in total. The molecule has 0 aliphatic carbocycles. The fraction of sp³-hybridized carbons (Fsp3) is 0. The Hall–Kier alpha value is -3.62. The second-order valence-electron chi connectivity index (χ2n) is 7.91. The predicted molar refractivity (Wildman–Crippen MR) is 132 cm³/mol. The van der Waals surface area contributed by atoms with Crippen molar-refractivity contribution in [2.24, 2.45) is 0 Å². The highest BCUT2D eigenvalue weighted by Crippen LogP contribution is 2.40. The number of nitrogens with one attached hydrogen (secondary N) is 1. The van der Waals surface area contributed by atoms with Gasteiger partial charge in [0, 0.05) is 42.0 Å². The highest BCUT2D eigenvalue weighted by Gasteiger charge is 2.12. The van der Waals surface area contributed by atoms with Gasteiger partial charge < -0.3 is 4.98 Å². The van der Waals surface area contributed by atoms with E-state index in [1.54, 1.807) is 0 Å². The molecule has 0 amide bonds. The topological polar surface area (TPSA) is 15.8 Å². The lowest BCUT2D eigenvalue weighted by Gasteiger charge is -2.03. The Morgan fingerprint density at radius 3 is 2.27 bits per heavy atom. The number of aromatic nitrogens is 1. The molecule has 2 heteroatoms. The molecule has 1 N–H and O–H groups in total. The zero-order valence-corrected chi connectivity index (χ0v) is 17.0. The maximum atomic E-state index is 3.66. The summed E-state index contributed by atoms with van der Waals surface area (Å²) < 4.78 is 2.70. The molecular formula is C28H17NS. The van der Waals surface area contributed by atoms with E-state index >= 15 is 0 Å². The number of thiophene rings is 1. The zero-order chi connectivity index (χ0) is 19.7. The van der Waals surface area contributed by atoms with Crippen molar-refractivity contribution in [3.05, 3.63) is 97.1 Å². The van der Waals surface area contributed by atoms with Gasteiger partial charge in [0.05, 0.1) is 0 Å². The molecule has 0 spiro atoms. The molecule has 30 heavy (non-hydrogen) atoms. The van der Waals surface area contributed by atoms with Gasteiger partial charge in [-0.3, -0.25) is 0 Å². The van der Waals surface area contributed by atoms with Gasteiger partial charge in [-0.2, -0.15) is 0 Å². The highest BCUT2D eigenvalue weighted by molar-refractivity contribution is 7.26. The fourth-order valence-electron chi connectivity index (χ4n) is 4.75. The highest BCUT2D eigenvalue weighted by atomic mass is 32.1. The van der Waals surface area contributed by atoms with E-state index < -0.39 is 0 Å². The first kappa shape index (κ1) is 16.2. The van der Waals surface area contributed by atoms with E-state index in [0.717, 1.165) is 0 Å². The van der Waals surface area contributed by atoms with E-state index in [2.05, 4.69) is 102 Å². The summed E-state index contributed by atoms with van der Waals surface area (Å²) in [4.78, 5) is 3.66. The van der Waals surface area contributed by atoms with Crippen LogP contribution in [0.4, 0.5) is 0 Å². The molecule has 0 unspecified atom stereocenters. The maximum Gasteiger partial charge on any atom is 0.0471 e. The third kappa shape index (κ3) is 2.23. The van der Waals surface area contributed by atoms with Crippen LogP contribution in [0.15, 0.2) is 97.1 Å². The number of hydrogen-bond donors (Lipinski definition) is 1. The van der Waals surface area contributed by atoms with Gasteiger partial charge in [-0.1, -0.05) is 60.7 Å². The number of benzene rings is 5. The van der Waals surface area contributed by atoms with E-state index in [1.165, 1.54) is 63.9 Å². The van der Waals surface area contributed by atoms with Gasteiger partial charge in [-0.25, -0.2) is 0 Å². The van der Waals surface area contributed by atoms with E-state index in [1.807, 2.05) is 11.3 Å². The number of fused-ring (bicyclic) bond motifs is 8. The van der Waals surface area contributed by atoms with Crippen LogP contribution in [-0.4, -0.2) is 4.98 Å². The van der Waals surface area contributed by atoms with Gasteiger partial charge in [-0.05, 0) is 58.3 Å². The third-order valence-corrected chi connectivity index (χ3v) is 7.32. The van der Waals surface area contributed by atoms with Crippen LogP contribution < -0.4 is 0 Å². The van der Waals surface area contributed by atoms with Crippen molar-refractivity contribution >= 4 is 64.1 Å². The Labute approximate surface area is 177 Å². The van der Waals surface area contributed by atoms with Gasteiger partial charge in [0.15, 0.2) is 0 Å². The summed E-state index contributed by atoms with van der Waals surface area (Å²) in [6, 6.07) is 35.3. The largest absolute Gasteiger partial charge is 0.354 e. The first-order chi connectivity index (χ1) is 14.8. The lowest BCUT2D eigenvalue weighted by atomic mass is 10.00. The van der Waals surface area contributed by atoms with Crippen molar-refractivity contribution in [3.63, 3.8) is 0 Å². The SMILES string of the molecule is c1ccc(-c2ccc3[nH]c4cc5c(ccc6sc7ccccc7c65)cc4c3c2)cc1. The Morgan fingerprint density at radius 2 is 1.33 bits per heavy atom. The lowest BCUT2D eigenvalue weighted by molar-refractivity contribution is 1.55. The normalized spacial score (nSPS) is 12.0. The summed E-state index contributed by atoms with van der Waals surface area (Å²) in [6.07, 6.45) is 0. The van der Waals surface area contributed by atoms with Crippen molar-refractivity contribution in [2.45, 2.75) is 0 Å². The molecule has 140 valence electrons. The Morgan fingerprint density at radius 1 is 0.500 bits per heavy atom. The van der Waals surface area contributed by atoms with Crippen LogP contribution in [0.25, 0.3) is 63.9 Å². The molecule has 0 bridgehead atoms. The summed E-state index contributed by atoms with van der Waals surface area (Å²) >= 11 is 1.88. The van der Waals surface area contributed by atoms with Crippen molar-refractivity contribution < 1.29 is 0 Å². The van der Waals surface area contributed by atoms with Crippen LogP contribution in [0.5, 0.6) is 0 Å². The first-order valence-corrected chi connectivity index (χ1v) is 11.0. The van der Waals surface area contributed by atoms with Gasteiger partial charge in [0.1, 0.15) is 0 Å².